The fraction of sp³-hybridized carbons (Fsp3) is 0.545. The van der Waals surface area contributed by atoms with Gasteiger partial charge in [-0.05, 0) is 25.0 Å². The second-order valence-corrected chi connectivity index (χ2v) is 4.02. The third-order valence-corrected chi connectivity index (χ3v) is 2.74. The second kappa shape index (κ2) is 8.90. The van der Waals surface area contributed by atoms with Crippen LogP contribution in [-0.2, 0) is 0 Å². The Hall–Kier alpha value is -1.11. The number of nitrogens with one attached hydrogen (secondary N) is 1. The summed E-state index contributed by atoms with van der Waals surface area (Å²) in [7, 11) is 0. The molecule has 19 heavy (non-hydrogen) atoms. The van der Waals surface area contributed by atoms with Gasteiger partial charge in [0, 0.05) is 26.2 Å². The lowest BCUT2D eigenvalue weighted by Crippen LogP contribution is -2.30. The molecule has 1 aromatic rings. The molecule has 3 N–H and O–H groups in total. The van der Waals surface area contributed by atoms with Crippen molar-refractivity contribution in [2.45, 2.75) is 12.8 Å². The molecule has 2 rings (SSSR count). The van der Waals surface area contributed by atoms with E-state index in [1.165, 1.54) is 12.8 Å². The maximum Gasteiger partial charge on any atom is 0.271 e. The molecule has 1 saturated heterocycles. The van der Waals surface area contributed by atoms with Gasteiger partial charge in [-0.15, -0.1) is 35.0 Å². The van der Waals surface area contributed by atoms with Crippen molar-refractivity contribution in [3.63, 3.8) is 0 Å². The van der Waals surface area contributed by atoms with Crippen molar-refractivity contribution in [1.29, 1.82) is 0 Å². The second-order valence-electron chi connectivity index (χ2n) is 4.02. The number of aromatic nitrogens is 2. The van der Waals surface area contributed by atoms with Crippen molar-refractivity contribution in [2.75, 3.05) is 31.1 Å². The zero-order valence-electron chi connectivity index (χ0n) is 10.5. The monoisotopic (exact) mass is 307 g/mol. The number of hydrogen-bond donors (Lipinski definition) is 2. The number of amides is 1. The molecular formula is C11H19Cl2N5O. The minimum absolute atomic E-state index is 0. The van der Waals surface area contributed by atoms with Crippen molar-refractivity contribution in [3.8, 4) is 0 Å². The summed E-state index contributed by atoms with van der Waals surface area (Å²) in [5.41, 5.74) is 5.64. The number of nitrogens with two attached hydrogens (primary N) is 1. The molecule has 6 nitrogen and oxygen atoms in total. The molecule has 0 aliphatic carbocycles. The summed E-state index contributed by atoms with van der Waals surface area (Å²) in [5.74, 6) is 0.619. The zero-order valence-corrected chi connectivity index (χ0v) is 12.2. The van der Waals surface area contributed by atoms with Gasteiger partial charge in [-0.2, -0.15) is 0 Å². The number of hydrogen-bond acceptors (Lipinski definition) is 5. The van der Waals surface area contributed by atoms with Gasteiger partial charge < -0.3 is 16.0 Å². The Morgan fingerprint density at radius 2 is 1.95 bits per heavy atom. The highest BCUT2D eigenvalue weighted by Crippen LogP contribution is 2.16. The van der Waals surface area contributed by atoms with Gasteiger partial charge in [-0.3, -0.25) is 4.79 Å². The number of carbonyl (C=O) groups excluding carboxylic acids is 1. The van der Waals surface area contributed by atoms with E-state index in [2.05, 4.69) is 20.4 Å². The number of anilines is 1. The molecule has 2 heterocycles. The van der Waals surface area contributed by atoms with E-state index in [1.807, 2.05) is 6.07 Å². The Morgan fingerprint density at radius 1 is 1.26 bits per heavy atom. The summed E-state index contributed by atoms with van der Waals surface area (Å²) < 4.78 is 0. The summed E-state index contributed by atoms with van der Waals surface area (Å²) in [4.78, 5) is 13.7. The Balaban J connectivity index is 0.00000162. The molecule has 0 unspecified atom stereocenters. The van der Waals surface area contributed by atoms with Crippen molar-refractivity contribution < 1.29 is 4.79 Å². The van der Waals surface area contributed by atoms with Crippen LogP contribution in [0.25, 0.3) is 0 Å². The van der Waals surface area contributed by atoms with E-state index in [-0.39, 0.29) is 30.7 Å². The largest absolute Gasteiger partial charge is 0.355 e. The van der Waals surface area contributed by atoms with E-state index in [1.54, 1.807) is 6.07 Å². The first-order chi connectivity index (χ1) is 8.31. The molecule has 0 radical (unpaired) electrons. The maximum absolute atomic E-state index is 11.6. The van der Waals surface area contributed by atoms with Crippen molar-refractivity contribution in [1.82, 2.24) is 15.5 Å². The van der Waals surface area contributed by atoms with E-state index in [9.17, 15) is 4.79 Å². The molecule has 1 aliphatic rings. The summed E-state index contributed by atoms with van der Waals surface area (Å²) in [6.07, 6.45) is 2.39. The lowest BCUT2D eigenvalue weighted by molar-refractivity contribution is 0.0949. The van der Waals surface area contributed by atoms with Crippen molar-refractivity contribution >= 4 is 36.5 Å². The van der Waals surface area contributed by atoms with Gasteiger partial charge in [-0.25, -0.2) is 0 Å². The van der Waals surface area contributed by atoms with Crippen LogP contribution < -0.4 is 16.0 Å². The molecular weight excluding hydrogens is 289 g/mol. The SMILES string of the molecule is Cl.Cl.NCCNC(=O)c1ccc(N2CCCC2)nn1. The molecule has 8 heteroatoms. The minimum Gasteiger partial charge on any atom is -0.355 e. The highest BCUT2D eigenvalue weighted by Gasteiger charge is 2.14. The van der Waals surface area contributed by atoms with Crippen LogP contribution in [0.1, 0.15) is 23.3 Å². The van der Waals surface area contributed by atoms with Gasteiger partial charge in [-0.1, -0.05) is 0 Å². The Kier molecular flexibility index (Phi) is 8.38. The molecule has 1 aliphatic heterocycles. The molecule has 0 saturated carbocycles. The van der Waals surface area contributed by atoms with Crippen LogP contribution in [0.3, 0.4) is 0 Å². The molecule has 1 fully saturated rings. The average molecular weight is 308 g/mol. The summed E-state index contributed by atoms with van der Waals surface area (Å²) >= 11 is 0. The fourth-order valence-electron chi connectivity index (χ4n) is 1.84. The minimum atomic E-state index is -0.226. The normalized spacial score (nSPS) is 13.4. The Bertz CT molecular complexity index is 381. The number of nitrogens with zero attached hydrogens (tertiary/aromatic N) is 3. The maximum atomic E-state index is 11.6. The summed E-state index contributed by atoms with van der Waals surface area (Å²) in [5, 5.41) is 10.7. The molecule has 1 amide bonds. The molecule has 1 aromatic heterocycles. The van der Waals surface area contributed by atoms with Crippen LogP contribution in [0.4, 0.5) is 5.82 Å². The van der Waals surface area contributed by atoms with Crippen LogP contribution >= 0.6 is 24.8 Å². The highest BCUT2D eigenvalue weighted by molar-refractivity contribution is 5.92. The van der Waals surface area contributed by atoms with Gasteiger partial charge >= 0.3 is 0 Å². The van der Waals surface area contributed by atoms with E-state index in [0.717, 1.165) is 18.9 Å². The molecule has 0 bridgehead atoms. The fourth-order valence-corrected chi connectivity index (χ4v) is 1.84. The number of halogens is 2. The van der Waals surface area contributed by atoms with Gasteiger partial charge in [0.05, 0.1) is 0 Å². The molecule has 0 aromatic carbocycles. The molecule has 0 atom stereocenters. The van der Waals surface area contributed by atoms with Crippen LogP contribution in [0.2, 0.25) is 0 Å². The topological polar surface area (TPSA) is 84.1 Å². The van der Waals surface area contributed by atoms with E-state index in [4.69, 9.17) is 5.73 Å². The quantitative estimate of drug-likeness (QED) is 0.851. The average Bonchev–Trinajstić information content (AvgIpc) is 2.90. The first-order valence-electron chi connectivity index (χ1n) is 5.88. The van der Waals surface area contributed by atoms with E-state index < -0.39 is 0 Å². The third-order valence-electron chi connectivity index (χ3n) is 2.74. The zero-order chi connectivity index (χ0) is 12.1. The van der Waals surface area contributed by atoms with Crippen LogP contribution in [-0.4, -0.2) is 42.3 Å². The van der Waals surface area contributed by atoms with Gasteiger partial charge in [0.25, 0.3) is 5.91 Å². The highest BCUT2D eigenvalue weighted by atomic mass is 35.5. The lowest BCUT2D eigenvalue weighted by Gasteiger charge is -2.15. The van der Waals surface area contributed by atoms with Crippen molar-refractivity contribution in [2.24, 2.45) is 5.73 Å². The smallest absolute Gasteiger partial charge is 0.271 e. The first kappa shape index (κ1) is 17.9. The van der Waals surface area contributed by atoms with Crippen LogP contribution in [0, 0.1) is 0 Å². The lowest BCUT2D eigenvalue weighted by atomic mass is 10.3. The van der Waals surface area contributed by atoms with Gasteiger partial charge in [0.1, 0.15) is 0 Å². The van der Waals surface area contributed by atoms with Crippen LogP contribution in [0.15, 0.2) is 12.1 Å². The summed E-state index contributed by atoms with van der Waals surface area (Å²) in [6, 6.07) is 3.54. The van der Waals surface area contributed by atoms with E-state index in [0.29, 0.717) is 18.8 Å². The van der Waals surface area contributed by atoms with Crippen LogP contribution in [0.5, 0.6) is 0 Å². The standard InChI is InChI=1S/C11H17N5O.2ClH/c12-5-6-13-11(17)9-3-4-10(15-14-9)16-7-1-2-8-16;;/h3-4H,1-2,5-8,12H2,(H,13,17);2*1H. The Labute approximate surface area is 125 Å². The Morgan fingerprint density at radius 3 is 2.47 bits per heavy atom. The molecule has 108 valence electrons. The molecule has 0 spiro atoms. The van der Waals surface area contributed by atoms with Crippen molar-refractivity contribution in [3.05, 3.63) is 17.8 Å². The predicted molar refractivity (Wildman–Crippen MR) is 79.4 cm³/mol. The van der Waals surface area contributed by atoms with Gasteiger partial charge in [0.15, 0.2) is 11.5 Å². The van der Waals surface area contributed by atoms with Gasteiger partial charge in [0.2, 0.25) is 0 Å². The van der Waals surface area contributed by atoms with E-state index >= 15 is 0 Å². The predicted octanol–water partition coefficient (Wildman–Crippen LogP) is 0.609. The summed E-state index contributed by atoms with van der Waals surface area (Å²) in [6.45, 7) is 2.92. The number of carbonyl (C=O) groups is 1. The number of rotatable bonds is 4. The third kappa shape index (κ3) is 4.81. The first-order valence-corrected chi connectivity index (χ1v) is 5.88.